The Labute approximate surface area is 259 Å². The number of hydrogen-bond donors (Lipinski definition) is 1. The van der Waals surface area contributed by atoms with Crippen LogP contribution in [0.3, 0.4) is 0 Å². The number of nitrogens with zero attached hydrogens (tertiary/aromatic N) is 1. The third-order valence-electron chi connectivity index (χ3n) is 10.0. The highest BCUT2D eigenvalue weighted by molar-refractivity contribution is 6.71. The van der Waals surface area contributed by atoms with Crippen LogP contribution in [-0.2, 0) is 24.3 Å². The summed E-state index contributed by atoms with van der Waals surface area (Å²) in [7, 11) is -0.510. The SMILES string of the molecule is COc1ccc(C(OC[C@H]2O[C@@H]3[C@H]4C[C@H](C[Si](C)(C)O[C@H]42)[C@H]2[C@@H](C)C(=O)NC(=O)N23)(c2ccccc2)c2ccccc2)cc1. The van der Waals surface area contributed by atoms with Crippen LogP contribution in [0.5, 0.6) is 5.75 Å². The quantitative estimate of drug-likeness (QED) is 0.279. The number of nitrogens with one attached hydrogen (secondary N) is 1. The van der Waals surface area contributed by atoms with Crippen molar-refractivity contribution in [3.05, 3.63) is 102 Å². The first-order valence-electron chi connectivity index (χ1n) is 15.6. The zero-order valence-electron chi connectivity index (χ0n) is 25.6. The molecule has 0 aromatic heterocycles. The van der Waals surface area contributed by atoms with E-state index < -0.39 is 26.3 Å². The first kappa shape index (κ1) is 29.2. The largest absolute Gasteiger partial charge is 0.497 e. The van der Waals surface area contributed by atoms with E-state index in [2.05, 4.69) is 54.8 Å². The predicted octanol–water partition coefficient (Wildman–Crippen LogP) is 5.53. The number of fused-ring (bicyclic) bond motifs is 4. The van der Waals surface area contributed by atoms with Gasteiger partial charge in [-0.3, -0.25) is 15.0 Å². The fraction of sp³-hybridized carbons (Fsp3) is 0.429. The lowest BCUT2D eigenvalue weighted by Crippen LogP contribution is -2.68. The van der Waals surface area contributed by atoms with Crippen molar-refractivity contribution in [3.8, 4) is 5.75 Å². The number of piperidine rings is 1. The summed E-state index contributed by atoms with van der Waals surface area (Å²) < 4.78 is 26.5. The molecule has 7 rings (SSSR count). The van der Waals surface area contributed by atoms with Crippen LogP contribution in [0.25, 0.3) is 0 Å². The summed E-state index contributed by atoms with van der Waals surface area (Å²) in [6.45, 7) is 6.66. The molecule has 2 bridgehead atoms. The van der Waals surface area contributed by atoms with Gasteiger partial charge in [0.1, 0.15) is 23.7 Å². The van der Waals surface area contributed by atoms with Crippen molar-refractivity contribution in [2.75, 3.05) is 13.7 Å². The Kier molecular flexibility index (Phi) is 7.40. The van der Waals surface area contributed by atoms with Gasteiger partial charge in [-0.05, 0) is 60.3 Å². The second-order valence-corrected chi connectivity index (χ2v) is 17.4. The van der Waals surface area contributed by atoms with E-state index in [-0.39, 0.29) is 48.4 Å². The summed E-state index contributed by atoms with van der Waals surface area (Å²) >= 11 is 0. The smallest absolute Gasteiger partial charge is 0.326 e. The van der Waals surface area contributed by atoms with E-state index in [1.165, 1.54) is 0 Å². The van der Waals surface area contributed by atoms with E-state index in [0.29, 0.717) is 0 Å². The molecule has 4 heterocycles. The maximum Gasteiger partial charge on any atom is 0.326 e. The van der Waals surface area contributed by atoms with Crippen LogP contribution in [0.2, 0.25) is 19.1 Å². The Bertz CT molecular complexity index is 1480. The Morgan fingerprint density at radius 2 is 1.55 bits per heavy atom. The molecule has 1 N–H and O–H groups in total. The second kappa shape index (κ2) is 11.1. The Balaban J connectivity index is 1.29. The normalized spacial score (nSPS) is 30.7. The van der Waals surface area contributed by atoms with E-state index >= 15 is 0 Å². The molecule has 0 unspecified atom stereocenters. The van der Waals surface area contributed by atoms with Crippen LogP contribution < -0.4 is 10.1 Å². The highest BCUT2D eigenvalue weighted by Gasteiger charge is 2.62. The maximum atomic E-state index is 13.4. The molecular formula is C35H40N2O6Si. The molecule has 0 aliphatic carbocycles. The number of urea groups is 1. The minimum atomic E-state index is -2.17. The summed E-state index contributed by atoms with van der Waals surface area (Å²) in [5.74, 6) is 0.460. The number of hydrogen-bond acceptors (Lipinski definition) is 6. The van der Waals surface area contributed by atoms with Crippen LogP contribution in [-0.4, -0.2) is 63.3 Å². The van der Waals surface area contributed by atoms with Gasteiger partial charge in [0.05, 0.1) is 31.8 Å². The Hall–Kier alpha value is -3.50. The molecule has 3 aromatic rings. The highest BCUT2D eigenvalue weighted by atomic mass is 28.4. The van der Waals surface area contributed by atoms with Crippen molar-refractivity contribution in [2.24, 2.45) is 17.8 Å². The van der Waals surface area contributed by atoms with Crippen molar-refractivity contribution in [1.82, 2.24) is 10.2 Å². The number of carbonyl (C=O) groups excluding carboxylic acids is 2. The number of benzene rings is 3. The summed E-state index contributed by atoms with van der Waals surface area (Å²) in [5, 5.41) is 2.58. The molecule has 7 atom stereocenters. The minimum absolute atomic E-state index is 0.00844. The lowest BCUT2D eigenvalue weighted by Gasteiger charge is -2.51. The van der Waals surface area contributed by atoms with Crippen molar-refractivity contribution in [3.63, 3.8) is 0 Å². The third-order valence-corrected chi connectivity index (χ3v) is 12.5. The minimum Gasteiger partial charge on any atom is -0.497 e. The van der Waals surface area contributed by atoms with Gasteiger partial charge >= 0.3 is 6.03 Å². The molecule has 44 heavy (non-hydrogen) atoms. The summed E-state index contributed by atoms with van der Waals surface area (Å²) in [4.78, 5) is 27.9. The Morgan fingerprint density at radius 1 is 0.932 bits per heavy atom. The summed E-state index contributed by atoms with van der Waals surface area (Å²) in [6, 6.07) is 28.9. The molecule has 4 aliphatic heterocycles. The van der Waals surface area contributed by atoms with E-state index in [9.17, 15) is 9.59 Å². The maximum absolute atomic E-state index is 13.4. The molecule has 3 amide bonds. The van der Waals surface area contributed by atoms with Gasteiger partial charge < -0.3 is 18.6 Å². The highest BCUT2D eigenvalue weighted by Crippen LogP contribution is 2.51. The average Bonchev–Trinajstić information content (AvgIpc) is 3.30. The number of ether oxygens (including phenoxy) is 3. The second-order valence-electron chi connectivity index (χ2n) is 13.2. The molecule has 0 radical (unpaired) electrons. The monoisotopic (exact) mass is 612 g/mol. The van der Waals surface area contributed by atoms with Gasteiger partial charge in [0.25, 0.3) is 0 Å². The molecule has 9 heteroatoms. The number of rotatable bonds is 7. The molecule has 4 fully saturated rings. The van der Waals surface area contributed by atoms with Gasteiger partial charge in [-0.25, -0.2) is 4.79 Å². The number of amides is 3. The molecular weight excluding hydrogens is 572 g/mol. The summed E-state index contributed by atoms with van der Waals surface area (Å²) in [5.41, 5.74) is 2.00. The fourth-order valence-electron chi connectivity index (χ4n) is 8.22. The van der Waals surface area contributed by atoms with Gasteiger partial charge in [0.2, 0.25) is 5.91 Å². The molecule has 4 aliphatic rings. The number of carbonyl (C=O) groups is 2. The first-order valence-corrected chi connectivity index (χ1v) is 18.7. The first-order chi connectivity index (χ1) is 21.2. The van der Waals surface area contributed by atoms with Crippen molar-refractivity contribution in [1.29, 1.82) is 0 Å². The van der Waals surface area contributed by atoms with E-state index in [1.54, 1.807) is 7.11 Å². The Morgan fingerprint density at radius 3 is 2.16 bits per heavy atom. The molecule has 0 spiro atoms. The van der Waals surface area contributed by atoms with Gasteiger partial charge in [-0.2, -0.15) is 0 Å². The van der Waals surface area contributed by atoms with Crippen LogP contribution in [0.15, 0.2) is 84.9 Å². The zero-order chi connectivity index (χ0) is 30.6. The van der Waals surface area contributed by atoms with E-state index in [4.69, 9.17) is 18.6 Å². The number of methoxy groups -OCH3 is 1. The van der Waals surface area contributed by atoms with Gasteiger partial charge in [0.15, 0.2) is 8.32 Å². The van der Waals surface area contributed by atoms with Crippen LogP contribution in [0.1, 0.15) is 30.0 Å². The summed E-state index contributed by atoms with van der Waals surface area (Å²) in [6.07, 6.45) is -0.222. The lowest BCUT2D eigenvalue weighted by atomic mass is 9.75. The standard InChI is InChI=1S/C35H40N2O6Si/c1-22-30-23-19-28-31(43-44(3,4)21-23)29(42-33(28)37(30)34(39)36-32(22)38)20-41-35(24-11-7-5-8-12-24,25-13-9-6-10-14-25)26-15-17-27(40-2)18-16-26/h5-18,22-23,28-31,33H,19-21H2,1-4H3,(H,36,38,39)/t22-,23-,28+,29-,30-,31-,33-/m1/s1. The van der Waals surface area contributed by atoms with Gasteiger partial charge in [-0.15, -0.1) is 0 Å². The fourth-order valence-corrected chi connectivity index (χ4v) is 11.1. The molecule has 3 aromatic carbocycles. The van der Waals surface area contributed by atoms with E-state index in [0.717, 1.165) is 34.9 Å². The lowest BCUT2D eigenvalue weighted by molar-refractivity contribution is -0.149. The number of imide groups is 1. The molecule has 230 valence electrons. The molecule has 4 saturated heterocycles. The van der Waals surface area contributed by atoms with Crippen LogP contribution in [0.4, 0.5) is 4.79 Å². The van der Waals surface area contributed by atoms with Crippen LogP contribution >= 0.6 is 0 Å². The van der Waals surface area contributed by atoms with Crippen LogP contribution in [0, 0.1) is 17.8 Å². The van der Waals surface area contributed by atoms with Gasteiger partial charge in [-0.1, -0.05) is 79.7 Å². The molecule has 0 saturated carbocycles. The predicted molar refractivity (Wildman–Crippen MR) is 167 cm³/mol. The zero-order valence-corrected chi connectivity index (χ0v) is 26.6. The van der Waals surface area contributed by atoms with Crippen molar-refractivity contribution < 1.29 is 28.2 Å². The molecule has 8 nitrogen and oxygen atoms in total. The van der Waals surface area contributed by atoms with Crippen molar-refractivity contribution in [2.45, 2.75) is 62.6 Å². The van der Waals surface area contributed by atoms with Gasteiger partial charge in [0, 0.05) is 5.92 Å². The average molecular weight is 613 g/mol. The van der Waals surface area contributed by atoms with Crippen molar-refractivity contribution >= 4 is 20.3 Å². The third kappa shape index (κ3) is 4.77. The van der Waals surface area contributed by atoms with E-state index in [1.807, 2.05) is 60.4 Å². The topological polar surface area (TPSA) is 86.3 Å².